The van der Waals surface area contributed by atoms with Crippen molar-refractivity contribution in [3.63, 3.8) is 0 Å². The van der Waals surface area contributed by atoms with E-state index >= 15 is 0 Å². The van der Waals surface area contributed by atoms with Crippen molar-refractivity contribution in [2.24, 2.45) is 0 Å². The van der Waals surface area contributed by atoms with Crippen molar-refractivity contribution < 1.29 is 0 Å². The second-order valence-corrected chi connectivity index (χ2v) is 36.8. The Hall–Kier alpha value is -16.0. The maximum Gasteiger partial charge on any atom is 0.129 e. The smallest absolute Gasteiger partial charge is 0.129 e. The number of fused-ring (bicyclic) bond motifs is 10. The summed E-state index contributed by atoms with van der Waals surface area (Å²) in [4.78, 5) is 4.67. The minimum absolute atomic E-state index is 0.0466. The molecule has 620 valence electrons. The van der Waals surface area contributed by atoms with Crippen LogP contribution in [0, 0.1) is 0 Å². The lowest BCUT2D eigenvalue weighted by atomic mass is 9.86. The monoisotopic (exact) mass is 1690 g/mol. The second-order valence-electron chi connectivity index (χ2n) is 36.3. The maximum absolute atomic E-state index is 5.11. The summed E-state index contributed by atoms with van der Waals surface area (Å²) in [7, 11) is 0. The molecule has 7 nitrogen and oxygen atoms in total. The van der Waals surface area contributed by atoms with Crippen LogP contribution in [0.4, 0.5) is 34.1 Å². The summed E-state index contributed by atoms with van der Waals surface area (Å²) in [6, 6.07) is 163. The summed E-state index contributed by atoms with van der Waals surface area (Å²) < 4.78 is 17.5. The average Bonchev–Trinajstić information content (AvgIpc) is 1.58. The first-order valence-electron chi connectivity index (χ1n) is 44.8. The molecule has 4 heterocycles. The van der Waals surface area contributed by atoms with E-state index in [2.05, 4.69) is 508 Å². The van der Waals surface area contributed by atoms with E-state index in [1.54, 1.807) is 0 Å². The molecule has 23 rings (SSSR count). The Bertz CT molecular complexity index is 7830. The van der Waals surface area contributed by atoms with Gasteiger partial charge in [0, 0.05) is 83.4 Å². The van der Waals surface area contributed by atoms with Crippen LogP contribution in [0.25, 0.3) is 183 Å². The van der Waals surface area contributed by atoms with Gasteiger partial charge in [-0.15, -0.1) is 0 Å². The van der Waals surface area contributed by atoms with Crippen molar-refractivity contribution in [2.45, 2.75) is 52.4 Å². The van der Waals surface area contributed by atoms with E-state index in [0.29, 0.717) is 0 Å². The number of benzene rings is 19. The topological polar surface area (TPSA) is 47.0 Å². The Balaban J connectivity index is 0.574. The molecule has 0 aliphatic carbocycles. The first-order valence-corrected chi connectivity index (χ1v) is 45.5. The van der Waals surface area contributed by atoms with Gasteiger partial charge in [-0.05, 0) is 263 Å². The van der Waals surface area contributed by atoms with Crippen molar-refractivity contribution in [3.8, 4) is 106 Å². The summed E-state index contributed by atoms with van der Waals surface area (Å²) in [6.45, 7) is 13.6. The van der Waals surface area contributed by atoms with Gasteiger partial charge >= 0.3 is 0 Å². The summed E-state index contributed by atoms with van der Waals surface area (Å²) in [6.07, 6.45) is 0. The van der Waals surface area contributed by atoms with Gasteiger partial charge in [0.15, 0.2) is 0 Å². The van der Waals surface area contributed by atoms with Gasteiger partial charge in [-0.2, -0.15) is 8.75 Å². The zero-order valence-electron chi connectivity index (χ0n) is 73.2. The molecule has 0 fully saturated rings. The van der Waals surface area contributed by atoms with Crippen LogP contribution in [0.15, 0.2) is 443 Å². The van der Waals surface area contributed by atoms with E-state index in [0.717, 1.165) is 140 Å². The molecule has 0 saturated carbocycles. The van der Waals surface area contributed by atoms with Gasteiger partial charge in [0.05, 0.1) is 50.5 Å². The molecule has 0 radical (unpaired) electrons. The molecule has 19 aromatic carbocycles. The Labute approximate surface area is 761 Å². The van der Waals surface area contributed by atoms with E-state index in [4.69, 9.17) is 8.75 Å². The lowest BCUT2D eigenvalue weighted by Gasteiger charge is -2.28. The van der Waals surface area contributed by atoms with Crippen LogP contribution in [-0.4, -0.2) is 22.4 Å². The highest BCUT2D eigenvalue weighted by molar-refractivity contribution is 7.00. The van der Waals surface area contributed by atoms with E-state index in [-0.39, 0.29) is 10.8 Å². The van der Waals surface area contributed by atoms with Gasteiger partial charge in [0.2, 0.25) is 0 Å². The zero-order valence-corrected chi connectivity index (χ0v) is 74.0. The molecular weight excluding hydrogens is 1600 g/mol. The molecule has 8 heteroatoms. The van der Waals surface area contributed by atoms with Crippen LogP contribution >= 0.6 is 11.7 Å². The number of aromatic nitrogens is 5. The number of rotatable bonds is 17. The summed E-state index contributed by atoms with van der Waals surface area (Å²) in [5.41, 5.74) is 39.4. The van der Waals surface area contributed by atoms with Crippen molar-refractivity contribution in [3.05, 3.63) is 454 Å². The van der Waals surface area contributed by atoms with Crippen molar-refractivity contribution in [1.82, 2.24) is 22.4 Å². The Morgan fingerprint density at radius 1 is 0.200 bits per heavy atom. The number of hydrogen-bond acceptors (Lipinski definition) is 5. The van der Waals surface area contributed by atoms with Crippen LogP contribution in [0.2, 0.25) is 0 Å². The van der Waals surface area contributed by atoms with Gasteiger partial charge in [-0.3, -0.25) is 0 Å². The molecule has 4 aromatic heterocycles. The van der Waals surface area contributed by atoms with Gasteiger partial charge in [0.25, 0.3) is 0 Å². The third-order valence-corrected chi connectivity index (χ3v) is 26.9. The predicted octanol–water partition coefficient (Wildman–Crippen LogP) is 33.9. The van der Waals surface area contributed by atoms with Gasteiger partial charge < -0.3 is 23.5 Å². The SMILES string of the molecule is CC(C)(C)c1ccc(N(c2ccc(-c3ccc(N(c4ccccc4)c4ccc(-c5ccc(-n6c7ccc(-c8ccc(-c9ccc%10c%11ccccc%11n(-c%11ccc(-c%12ccccc%12)cc%11)c%10c9)cc8)cc7c7cc(-c8ccc(-c9ccc%10c%11ccccc%11n(-c%11ccc(-c%12ccccc%12)cc%11)c%10c9)cc8)ccc76)cc5)c5nsnc45)cc3)cc2)c2ccc(C(C)(C)C)cc2)cc1. The molecule has 23 aromatic rings. The molecule has 0 aliphatic heterocycles. The normalized spacial score (nSPS) is 11.9. The van der Waals surface area contributed by atoms with E-state index in [1.807, 2.05) is 0 Å². The van der Waals surface area contributed by atoms with E-state index in [1.165, 1.54) is 99.5 Å². The molecule has 0 aliphatic rings. The molecule has 130 heavy (non-hydrogen) atoms. The molecule has 0 bridgehead atoms. The molecular formula is C122H91N7S. The highest BCUT2D eigenvalue weighted by Gasteiger charge is 2.26. The van der Waals surface area contributed by atoms with Crippen molar-refractivity contribution in [1.29, 1.82) is 0 Å². The fraction of sp³-hybridized carbons (Fsp3) is 0.0656. The molecule has 0 N–H and O–H groups in total. The third-order valence-electron chi connectivity index (χ3n) is 26.3. The van der Waals surface area contributed by atoms with Gasteiger partial charge in [-0.25, -0.2) is 0 Å². The first kappa shape index (κ1) is 78.7. The number of para-hydroxylation sites is 3. The first-order chi connectivity index (χ1) is 63.7. The standard InChI is InChI=1S/C122H91N7S/c1-121(2,3)95-52-66-99(67-53-95)125(100-68-54-96(55-69-100)122(4,5)6)98-56-38-84(39-57-98)85-40-58-101(59-41-85)126(97-24-14-9-15-25-97)116-75-72-105(119-120(116)124-130-123-119)90-46-64-102(65-47-90)127-114-73-50-91(86-30-34-88(35-31-86)93-48-70-108-106-26-16-18-28-112(106)128(117(108)78-93)103-60-42-82(43-61-103)80-20-10-7-11-21-80)76-110(114)111-77-92(51-74-115(111)127)87-32-36-89(37-33-87)94-49-71-109-107-27-17-19-29-113(107)129(118(109)79-94)104-62-44-83(45-63-104)81-22-12-8-13-23-81/h7-79H,1-6H3. The molecule has 0 unspecified atom stereocenters. The lowest BCUT2D eigenvalue weighted by Crippen LogP contribution is -2.14. The highest BCUT2D eigenvalue weighted by Crippen LogP contribution is 2.47. The lowest BCUT2D eigenvalue weighted by molar-refractivity contribution is 0.590. The van der Waals surface area contributed by atoms with E-state index < -0.39 is 0 Å². The van der Waals surface area contributed by atoms with Crippen LogP contribution in [0.1, 0.15) is 52.7 Å². The number of nitrogens with zero attached hydrogens (tertiary/aromatic N) is 7. The molecule has 0 atom stereocenters. The highest BCUT2D eigenvalue weighted by atomic mass is 32.1. The molecule has 0 amide bonds. The Kier molecular flexibility index (Phi) is 19.5. The fourth-order valence-electron chi connectivity index (χ4n) is 19.4. The number of hydrogen-bond donors (Lipinski definition) is 0. The minimum atomic E-state index is 0.0466. The van der Waals surface area contributed by atoms with Gasteiger partial charge in [-0.1, -0.05) is 327 Å². The minimum Gasteiger partial charge on any atom is -0.311 e. The molecule has 0 spiro atoms. The fourth-order valence-corrected chi connectivity index (χ4v) is 20.0. The quantitative estimate of drug-likeness (QED) is 0.0911. The van der Waals surface area contributed by atoms with Crippen LogP contribution in [-0.2, 0) is 10.8 Å². The summed E-state index contributed by atoms with van der Waals surface area (Å²) >= 11 is 1.25. The Morgan fingerprint density at radius 3 is 0.885 bits per heavy atom. The summed E-state index contributed by atoms with van der Waals surface area (Å²) in [5, 5.41) is 7.27. The van der Waals surface area contributed by atoms with Crippen LogP contribution in [0.3, 0.4) is 0 Å². The number of anilines is 6. The zero-order chi connectivity index (χ0) is 87.3. The molecule has 0 saturated heterocycles. The third kappa shape index (κ3) is 14.3. The van der Waals surface area contributed by atoms with Crippen molar-refractivity contribution >= 4 is 122 Å². The van der Waals surface area contributed by atoms with E-state index in [9.17, 15) is 0 Å². The largest absolute Gasteiger partial charge is 0.311 e. The van der Waals surface area contributed by atoms with Crippen molar-refractivity contribution in [2.75, 3.05) is 9.80 Å². The summed E-state index contributed by atoms with van der Waals surface area (Å²) in [5.74, 6) is 0. The maximum atomic E-state index is 5.11. The average molecular weight is 1690 g/mol. The van der Waals surface area contributed by atoms with Crippen LogP contribution < -0.4 is 9.80 Å². The predicted molar refractivity (Wildman–Crippen MR) is 551 cm³/mol. The van der Waals surface area contributed by atoms with Crippen LogP contribution in [0.5, 0.6) is 0 Å². The van der Waals surface area contributed by atoms with Gasteiger partial charge in [0.1, 0.15) is 11.0 Å². The second kappa shape index (κ2) is 32.1. The Morgan fingerprint density at radius 2 is 0.477 bits per heavy atom.